The molecule has 0 saturated carbocycles. The highest BCUT2D eigenvalue weighted by molar-refractivity contribution is 7.15. The van der Waals surface area contributed by atoms with Gasteiger partial charge in [-0.2, -0.15) is 0 Å². The van der Waals surface area contributed by atoms with Crippen molar-refractivity contribution < 1.29 is 4.79 Å². The van der Waals surface area contributed by atoms with Gasteiger partial charge >= 0.3 is 0 Å². The number of amides is 1. The third kappa shape index (κ3) is 3.32. The first-order valence-electron chi connectivity index (χ1n) is 9.26. The van der Waals surface area contributed by atoms with E-state index in [-0.39, 0.29) is 5.91 Å². The maximum Gasteiger partial charge on any atom is 0.274 e. The van der Waals surface area contributed by atoms with E-state index < -0.39 is 0 Å². The Morgan fingerprint density at radius 3 is 2.84 bits per heavy atom. The number of nitrogens with zero attached hydrogens (tertiary/aromatic N) is 5. The average molecular weight is 362 g/mol. The van der Waals surface area contributed by atoms with Crippen molar-refractivity contribution in [1.82, 2.24) is 24.1 Å². The number of thiazole rings is 1. The summed E-state index contributed by atoms with van der Waals surface area (Å²) in [7, 11) is 4.35. The van der Waals surface area contributed by atoms with Gasteiger partial charge in [-0.25, -0.2) is 4.98 Å². The fourth-order valence-corrected chi connectivity index (χ4v) is 4.77. The van der Waals surface area contributed by atoms with Crippen molar-refractivity contribution in [3.63, 3.8) is 0 Å². The Balaban J connectivity index is 1.60. The highest BCUT2D eigenvalue weighted by Crippen LogP contribution is 2.23. The second-order valence-electron chi connectivity index (χ2n) is 7.44. The van der Waals surface area contributed by atoms with E-state index in [2.05, 4.69) is 28.3 Å². The predicted octanol–water partition coefficient (Wildman–Crippen LogP) is 2.16. The molecule has 7 heteroatoms. The van der Waals surface area contributed by atoms with Gasteiger partial charge in [-0.3, -0.25) is 14.1 Å². The van der Waals surface area contributed by atoms with E-state index in [1.165, 1.54) is 12.8 Å². The molecule has 0 N–H and O–H groups in total. The molecule has 0 aliphatic carbocycles. The second-order valence-corrected chi connectivity index (χ2v) is 8.31. The van der Waals surface area contributed by atoms with E-state index in [1.54, 1.807) is 11.3 Å². The number of hydrogen-bond acceptors (Lipinski definition) is 5. The van der Waals surface area contributed by atoms with Gasteiger partial charge in [0.15, 0.2) is 10.7 Å². The average Bonchev–Trinajstić information content (AvgIpc) is 3.32. The molecule has 0 radical (unpaired) electrons. The number of carbonyl (C=O) groups is 1. The van der Waals surface area contributed by atoms with E-state index in [4.69, 9.17) is 4.98 Å². The van der Waals surface area contributed by atoms with Gasteiger partial charge in [0.1, 0.15) is 0 Å². The lowest BCUT2D eigenvalue weighted by Gasteiger charge is -2.27. The lowest BCUT2D eigenvalue weighted by atomic mass is 10.1. The van der Waals surface area contributed by atoms with Gasteiger partial charge in [-0.1, -0.05) is 0 Å². The molecular formula is C18H27N5OS. The maximum absolute atomic E-state index is 13.1. The van der Waals surface area contributed by atoms with Crippen molar-refractivity contribution in [1.29, 1.82) is 0 Å². The summed E-state index contributed by atoms with van der Waals surface area (Å²) in [5.41, 5.74) is 1.70. The quantitative estimate of drug-likeness (QED) is 0.837. The van der Waals surface area contributed by atoms with E-state index in [0.717, 1.165) is 56.2 Å². The summed E-state index contributed by atoms with van der Waals surface area (Å²) >= 11 is 1.60. The van der Waals surface area contributed by atoms with E-state index in [0.29, 0.717) is 11.7 Å². The van der Waals surface area contributed by atoms with Crippen molar-refractivity contribution in [3.8, 4) is 0 Å². The molecule has 0 aromatic carbocycles. The van der Waals surface area contributed by atoms with Gasteiger partial charge in [0.25, 0.3) is 5.91 Å². The van der Waals surface area contributed by atoms with Crippen molar-refractivity contribution in [2.75, 3.05) is 40.3 Å². The summed E-state index contributed by atoms with van der Waals surface area (Å²) in [5.74, 6) is 0.113. The molecule has 2 aromatic rings. The fraction of sp³-hybridized carbons (Fsp3) is 0.667. The zero-order chi connectivity index (χ0) is 17.4. The Labute approximate surface area is 153 Å². The van der Waals surface area contributed by atoms with Crippen molar-refractivity contribution in [3.05, 3.63) is 23.0 Å². The van der Waals surface area contributed by atoms with Crippen LogP contribution in [0.3, 0.4) is 0 Å². The van der Waals surface area contributed by atoms with Crippen LogP contribution in [0.2, 0.25) is 0 Å². The number of piperidine rings is 1. The molecule has 0 spiro atoms. The normalized spacial score (nSPS) is 22.4. The molecule has 2 aliphatic heterocycles. The van der Waals surface area contributed by atoms with Crippen LogP contribution in [-0.2, 0) is 6.54 Å². The van der Waals surface area contributed by atoms with Crippen LogP contribution in [0.1, 0.15) is 41.9 Å². The van der Waals surface area contributed by atoms with Gasteiger partial charge in [0.05, 0.1) is 5.69 Å². The number of aromatic nitrogens is 2. The lowest BCUT2D eigenvalue weighted by molar-refractivity contribution is 0.0716. The van der Waals surface area contributed by atoms with Gasteiger partial charge in [0, 0.05) is 43.8 Å². The summed E-state index contributed by atoms with van der Waals surface area (Å²) < 4.78 is 2.11. The van der Waals surface area contributed by atoms with Crippen molar-refractivity contribution in [2.45, 2.75) is 38.3 Å². The monoisotopic (exact) mass is 361 g/mol. The summed E-state index contributed by atoms with van der Waals surface area (Å²) in [6.07, 6.45) is 6.68. The molecule has 4 rings (SSSR count). The molecular weight excluding hydrogens is 334 g/mol. The first-order chi connectivity index (χ1) is 12.1. The molecule has 4 heterocycles. The highest BCUT2D eigenvalue weighted by atomic mass is 32.1. The minimum atomic E-state index is 0.113. The van der Waals surface area contributed by atoms with Crippen LogP contribution in [0, 0.1) is 0 Å². The van der Waals surface area contributed by atoms with Crippen LogP contribution < -0.4 is 0 Å². The molecule has 2 saturated heterocycles. The summed E-state index contributed by atoms with van der Waals surface area (Å²) in [5, 5.41) is 2.05. The molecule has 25 heavy (non-hydrogen) atoms. The van der Waals surface area contributed by atoms with E-state index in [1.807, 2.05) is 16.5 Å². The number of likely N-dealkylation sites (tertiary alicyclic amines) is 2. The number of imidazole rings is 1. The SMILES string of the molecule is CN1CC[C@@H](N(C)Cc2c(C(=O)N3CCCCC3)nc3sccn23)C1. The summed E-state index contributed by atoms with van der Waals surface area (Å²) in [6, 6.07) is 0.548. The molecule has 1 amide bonds. The molecule has 0 bridgehead atoms. The number of fused-ring (bicyclic) bond motifs is 1. The molecule has 2 aromatic heterocycles. The maximum atomic E-state index is 13.1. The largest absolute Gasteiger partial charge is 0.337 e. The fourth-order valence-electron chi connectivity index (χ4n) is 4.04. The third-order valence-corrected chi connectivity index (χ3v) is 6.35. The third-order valence-electron chi connectivity index (χ3n) is 5.60. The van der Waals surface area contributed by atoms with Crippen molar-refractivity contribution in [2.24, 2.45) is 0 Å². The molecule has 0 unspecified atom stereocenters. The number of hydrogen-bond donors (Lipinski definition) is 0. The molecule has 136 valence electrons. The first kappa shape index (κ1) is 17.0. The van der Waals surface area contributed by atoms with Crippen molar-refractivity contribution >= 4 is 22.2 Å². The second kappa shape index (κ2) is 7.05. The Kier molecular flexibility index (Phi) is 4.80. The Morgan fingerprint density at radius 1 is 1.32 bits per heavy atom. The molecule has 2 aliphatic rings. The lowest BCUT2D eigenvalue weighted by Crippen LogP contribution is -2.37. The van der Waals surface area contributed by atoms with Gasteiger partial charge in [0.2, 0.25) is 0 Å². The van der Waals surface area contributed by atoms with Crippen LogP contribution in [-0.4, -0.2) is 76.3 Å². The van der Waals surface area contributed by atoms with Gasteiger partial charge in [-0.15, -0.1) is 11.3 Å². The summed E-state index contributed by atoms with van der Waals surface area (Å²) in [6.45, 7) is 4.75. The van der Waals surface area contributed by atoms with Gasteiger partial charge < -0.3 is 9.80 Å². The Morgan fingerprint density at radius 2 is 2.12 bits per heavy atom. The van der Waals surface area contributed by atoms with Crippen LogP contribution in [0.5, 0.6) is 0 Å². The van der Waals surface area contributed by atoms with E-state index in [9.17, 15) is 4.79 Å². The molecule has 1 atom stereocenters. The molecule has 2 fully saturated rings. The van der Waals surface area contributed by atoms with Crippen LogP contribution in [0.25, 0.3) is 4.96 Å². The zero-order valence-corrected chi connectivity index (χ0v) is 16.0. The highest BCUT2D eigenvalue weighted by Gasteiger charge is 2.29. The Hall–Kier alpha value is -1.44. The first-order valence-corrected chi connectivity index (χ1v) is 10.1. The topological polar surface area (TPSA) is 44.1 Å². The minimum Gasteiger partial charge on any atom is -0.337 e. The van der Waals surface area contributed by atoms with Gasteiger partial charge in [-0.05, 0) is 46.3 Å². The zero-order valence-electron chi connectivity index (χ0n) is 15.1. The van der Waals surface area contributed by atoms with Crippen LogP contribution >= 0.6 is 11.3 Å². The molecule has 6 nitrogen and oxygen atoms in total. The number of carbonyl (C=O) groups excluding carboxylic acids is 1. The number of rotatable bonds is 4. The van der Waals surface area contributed by atoms with E-state index >= 15 is 0 Å². The van der Waals surface area contributed by atoms with Crippen LogP contribution in [0.15, 0.2) is 11.6 Å². The van der Waals surface area contributed by atoms with Crippen LogP contribution in [0.4, 0.5) is 0 Å². The predicted molar refractivity (Wildman–Crippen MR) is 100 cm³/mol. The number of likely N-dealkylation sites (N-methyl/N-ethyl adjacent to an activating group) is 2. The smallest absolute Gasteiger partial charge is 0.274 e. The summed E-state index contributed by atoms with van der Waals surface area (Å²) in [4.78, 5) is 25.4. The standard InChI is InChI=1S/C18H27N5OS/c1-20-9-6-14(12-20)21(2)13-15-16(19-18-23(15)10-11-25-18)17(24)22-7-4-3-5-8-22/h10-11,14H,3-9,12-13H2,1-2H3/t14-/m1/s1. The Bertz CT molecular complexity index is 748. The minimum absolute atomic E-state index is 0.113.